The summed E-state index contributed by atoms with van der Waals surface area (Å²) >= 11 is 7.28. The zero-order valence-electron chi connectivity index (χ0n) is 12.3. The molecule has 0 saturated carbocycles. The Bertz CT molecular complexity index is 835. The van der Waals surface area contributed by atoms with E-state index >= 15 is 0 Å². The number of nitrogens with zero attached hydrogens (tertiary/aromatic N) is 3. The predicted octanol–water partition coefficient (Wildman–Crippen LogP) is 3.90. The first-order valence-electron chi connectivity index (χ1n) is 6.77. The molecule has 0 unspecified atom stereocenters. The lowest BCUT2D eigenvalue weighted by molar-refractivity contribution is 0.657. The fourth-order valence-electron chi connectivity index (χ4n) is 1.99. The molecule has 0 radical (unpaired) electrons. The summed E-state index contributed by atoms with van der Waals surface area (Å²) in [5, 5.41) is 10.5. The molecule has 2 aromatic rings. The molecule has 6 heteroatoms. The minimum absolute atomic E-state index is 0.0112. The van der Waals surface area contributed by atoms with Crippen molar-refractivity contribution < 1.29 is 0 Å². The van der Waals surface area contributed by atoms with Crippen LogP contribution in [0.1, 0.15) is 5.56 Å². The Hall–Kier alpha value is -2.29. The number of thioether (sulfide) groups is 1. The maximum absolute atomic E-state index is 12.6. The Morgan fingerprint density at radius 1 is 1.30 bits per heavy atom. The quantitative estimate of drug-likeness (QED) is 0.453. The summed E-state index contributed by atoms with van der Waals surface area (Å²) in [7, 11) is 0. The first-order valence-corrected chi connectivity index (χ1v) is 8.14. The highest BCUT2D eigenvalue weighted by Crippen LogP contribution is 2.24. The summed E-state index contributed by atoms with van der Waals surface area (Å²) in [6.07, 6.45) is 3.33. The molecule has 4 nitrogen and oxygen atoms in total. The molecule has 23 heavy (non-hydrogen) atoms. The van der Waals surface area contributed by atoms with Gasteiger partial charge in [0.15, 0.2) is 5.16 Å². The fraction of sp³-hybridized carbons (Fsp3) is 0.118. The second kappa shape index (κ2) is 7.82. The molecule has 0 amide bonds. The molecule has 0 aliphatic rings. The summed E-state index contributed by atoms with van der Waals surface area (Å²) in [6.45, 7) is 7.62. The highest BCUT2D eigenvalue weighted by molar-refractivity contribution is 7.99. The predicted molar refractivity (Wildman–Crippen MR) is 94.8 cm³/mol. The molecule has 0 bridgehead atoms. The lowest BCUT2D eigenvalue weighted by Gasteiger charge is -2.12. The zero-order chi connectivity index (χ0) is 16.8. The van der Waals surface area contributed by atoms with Crippen molar-refractivity contribution in [1.82, 2.24) is 9.55 Å². The van der Waals surface area contributed by atoms with Crippen LogP contribution in [-0.4, -0.2) is 15.3 Å². The van der Waals surface area contributed by atoms with Crippen molar-refractivity contribution in [2.24, 2.45) is 0 Å². The van der Waals surface area contributed by atoms with Gasteiger partial charge in [-0.25, -0.2) is 4.98 Å². The van der Waals surface area contributed by atoms with E-state index in [4.69, 9.17) is 11.6 Å². The van der Waals surface area contributed by atoms with Crippen molar-refractivity contribution in [2.45, 2.75) is 11.7 Å². The maximum atomic E-state index is 12.6. The van der Waals surface area contributed by atoms with Crippen molar-refractivity contribution in [3.63, 3.8) is 0 Å². The lowest BCUT2D eigenvalue weighted by Crippen LogP contribution is -2.26. The Kier molecular flexibility index (Phi) is 5.80. The molecule has 0 spiro atoms. The molecular weight excluding hydrogens is 330 g/mol. The van der Waals surface area contributed by atoms with Gasteiger partial charge < -0.3 is 0 Å². The average Bonchev–Trinajstić information content (AvgIpc) is 2.56. The summed E-state index contributed by atoms with van der Waals surface area (Å²) in [6, 6.07) is 8.85. The number of allylic oxidation sites excluding steroid dienone is 1. The van der Waals surface area contributed by atoms with Gasteiger partial charge in [-0.05, 0) is 12.1 Å². The van der Waals surface area contributed by atoms with E-state index in [1.165, 1.54) is 16.3 Å². The molecule has 1 heterocycles. The van der Waals surface area contributed by atoms with Gasteiger partial charge in [0, 0.05) is 22.9 Å². The van der Waals surface area contributed by atoms with Crippen molar-refractivity contribution >= 4 is 23.4 Å². The van der Waals surface area contributed by atoms with E-state index in [0.29, 0.717) is 33.7 Å². The van der Waals surface area contributed by atoms with E-state index < -0.39 is 0 Å². The number of hydrogen-bond acceptors (Lipinski definition) is 4. The largest absolute Gasteiger partial charge is 0.283 e. The van der Waals surface area contributed by atoms with E-state index in [-0.39, 0.29) is 11.1 Å². The molecule has 1 aromatic heterocycles. The Balaban J connectivity index is 2.70. The van der Waals surface area contributed by atoms with Gasteiger partial charge in [-0.1, -0.05) is 47.6 Å². The van der Waals surface area contributed by atoms with Gasteiger partial charge in [-0.15, -0.1) is 13.2 Å². The molecule has 0 fully saturated rings. The molecule has 0 aliphatic heterocycles. The Morgan fingerprint density at radius 2 is 2.00 bits per heavy atom. The van der Waals surface area contributed by atoms with Crippen LogP contribution in [0.2, 0.25) is 5.02 Å². The third kappa shape index (κ3) is 3.73. The van der Waals surface area contributed by atoms with Gasteiger partial charge in [0.2, 0.25) is 0 Å². The SMILES string of the molecule is C=CCSc1nc(-c2ccc(Cl)cc2)c(C#N)c(=O)n1CC=C. The molecule has 1 aromatic carbocycles. The second-order valence-electron chi connectivity index (χ2n) is 4.54. The Labute approximate surface area is 143 Å². The molecule has 0 atom stereocenters. The number of halogens is 1. The summed E-state index contributed by atoms with van der Waals surface area (Å²) < 4.78 is 1.44. The van der Waals surface area contributed by atoms with Gasteiger partial charge >= 0.3 is 0 Å². The first kappa shape index (κ1) is 17.1. The molecule has 0 saturated heterocycles. The number of benzene rings is 1. The van der Waals surface area contributed by atoms with Gasteiger partial charge in [0.05, 0.1) is 5.69 Å². The van der Waals surface area contributed by atoms with Crippen molar-refractivity contribution in [3.05, 3.63) is 70.5 Å². The van der Waals surface area contributed by atoms with Gasteiger partial charge in [0.25, 0.3) is 5.56 Å². The third-order valence-corrected chi connectivity index (χ3v) is 4.23. The van der Waals surface area contributed by atoms with Crippen molar-refractivity contribution in [1.29, 1.82) is 5.26 Å². The topological polar surface area (TPSA) is 58.7 Å². The van der Waals surface area contributed by atoms with Crippen LogP contribution in [0.25, 0.3) is 11.3 Å². The molecule has 116 valence electrons. The first-order chi connectivity index (χ1) is 11.1. The monoisotopic (exact) mass is 343 g/mol. The van der Waals surface area contributed by atoms with Crippen LogP contribution in [0.4, 0.5) is 0 Å². The fourth-order valence-corrected chi connectivity index (χ4v) is 2.85. The normalized spacial score (nSPS) is 10.1. The molecule has 0 aliphatic carbocycles. The third-order valence-electron chi connectivity index (χ3n) is 3.01. The minimum Gasteiger partial charge on any atom is -0.283 e. The maximum Gasteiger partial charge on any atom is 0.273 e. The number of rotatable bonds is 6. The second-order valence-corrected chi connectivity index (χ2v) is 5.96. The van der Waals surface area contributed by atoms with E-state index in [2.05, 4.69) is 18.1 Å². The van der Waals surface area contributed by atoms with Crippen LogP contribution >= 0.6 is 23.4 Å². The van der Waals surface area contributed by atoms with Gasteiger partial charge in [-0.3, -0.25) is 9.36 Å². The van der Waals surface area contributed by atoms with Gasteiger partial charge in [0.1, 0.15) is 11.6 Å². The van der Waals surface area contributed by atoms with E-state index in [1.807, 2.05) is 6.07 Å². The highest BCUT2D eigenvalue weighted by Gasteiger charge is 2.17. The lowest BCUT2D eigenvalue weighted by atomic mass is 10.1. The zero-order valence-corrected chi connectivity index (χ0v) is 13.9. The van der Waals surface area contributed by atoms with Crippen LogP contribution < -0.4 is 5.56 Å². The number of aromatic nitrogens is 2. The van der Waals surface area contributed by atoms with Crippen molar-refractivity contribution in [3.8, 4) is 17.3 Å². The van der Waals surface area contributed by atoms with E-state index in [1.54, 1.807) is 36.4 Å². The van der Waals surface area contributed by atoms with Crippen LogP contribution in [-0.2, 0) is 6.54 Å². The number of hydrogen-bond donors (Lipinski definition) is 0. The van der Waals surface area contributed by atoms with Crippen LogP contribution in [0, 0.1) is 11.3 Å². The molecule has 2 rings (SSSR count). The van der Waals surface area contributed by atoms with Crippen LogP contribution in [0.3, 0.4) is 0 Å². The average molecular weight is 344 g/mol. The van der Waals surface area contributed by atoms with Gasteiger partial charge in [-0.2, -0.15) is 5.26 Å². The van der Waals surface area contributed by atoms with E-state index in [9.17, 15) is 10.1 Å². The van der Waals surface area contributed by atoms with Crippen LogP contribution in [0.15, 0.2) is 59.5 Å². The summed E-state index contributed by atoms with van der Waals surface area (Å²) in [5.74, 6) is 0.607. The number of nitriles is 1. The van der Waals surface area contributed by atoms with Crippen molar-refractivity contribution in [2.75, 3.05) is 5.75 Å². The smallest absolute Gasteiger partial charge is 0.273 e. The molecular formula is C17H14ClN3OS. The summed E-state index contributed by atoms with van der Waals surface area (Å²) in [5.41, 5.74) is 0.673. The highest BCUT2D eigenvalue weighted by atomic mass is 35.5. The van der Waals surface area contributed by atoms with E-state index in [0.717, 1.165) is 0 Å². The van der Waals surface area contributed by atoms with Crippen LogP contribution in [0.5, 0.6) is 0 Å². The standard InChI is InChI=1S/C17H14ClN3OS/c1-3-9-21-16(22)14(11-19)15(20-17(21)23-10-4-2)12-5-7-13(18)8-6-12/h3-8H,1-2,9-10H2. The summed E-state index contributed by atoms with van der Waals surface area (Å²) in [4.78, 5) is 17.1. The minimum atomic E-state index is -0.376. The Morgan fingerprint density at radius 3 is 2.57 bits per heavy atom. The molecule has 0 N–H and O–H groups in total.